The van der Waals surface area contributed by atoms with Gasteiger partial charge in [0.25, 0.3) is 0 Å². The first-order chi connectivity index (χ1) is 6.20. The van der Waals surface area contributed by atoms with Gasteiger partial charge in [0, 0.05) is 6.42 Å². The summed E-state index contributed by atoms with van der Waals surface area (Å²) in [4.78, 5) is 21.5. The van der Waals surface area contributed by atoms with Crippen molar-refractivity contribution in [3.63, 3.8) is 0 Å². The molecule has 0 fully saturated rings. The van der Waals surface area contributed by atoms with Crippen LogP contribution in [-0.2, 0) is 19.1 Å². The lowest BCUT2D eigenvalue weighted by Crippen LogP contribution is -2.08. The van der Waals surface area contributed by atoms with Crippen molar-refractivity contribution in [2.45, 2.75) is 26.7 Å². The molecule has 0 aromatic carbocycles. The minimum Gasteiger partial charge on any atom is -0.466 e. The predicted octanol–water partition coefficient (Wildman–Crippen LogP) is 0.974. The van der Waals surface area contributed by atoms with Gasteiger partial charge in [0.05, 0.1) is 26.1 Å². The molecule has 0 aliphatic carbocycles. The Morgan fingerprint density at radius 3 is 1.69 bits per heavy atom. The number of hydrogen-bond acceptors (Lipinski definition) is 4. The van der Waals surface area contributed by atoms with Gasteiger partial charge in [-0.05, 0) is 13.8 Å². The third kappa shape index (κ3) is 7.31. The highest BCUT2D eigenvalue weighted by Gasteiger charge is 2.06. The molecular weight excluding hydrogens is 172 g/mol. The lowest BCUT2D eigenvalue weighted by molar-refractivity contribution is -0.143. The van der Waals surface area contributed by atoms with Crippen molar-refractivity contribution < 1.29 is 19.1 Å². The van der Waals surface area contributed by atoms with E-state index < -0.39 is 0 Å². The van der Waals surface area contributed by atoms with Gasteiger partial charge in [-0.3, -0.25) is 9.59 Å². The Kier molecular flexibility index (Phi) is 6.96. The smallest absolute Gasteiger partial charge is 0.306 e. The van der Waals surface area contributed by atoms with Crippen molar-refractivity contribution in [1.82, 2.24) is 0 Å². The van der Waals surface area contributed by atoms with Gasteiger partial charge in [-0.1, -0.05) is 0 Å². The van der Waals surface area contributed by atoms with E-state index in [4.69, 9.17) is 0 Å². The zero-order valence-electron chi connectivity index (χ0n) is 7.96. The van der Waals surface area contributed by atoms with E-state index in [0.717, 1.165) is 0 Å². The van der Waals surface area contributed by atoms with E-state index in [1.165, 1.54) is 0 Å². The molecule has 0 rings (SSSR count). The molecule has 0 aliphatic heterocycles. The molecule has 0 saturated carbocycles. The first-order valence-corrected chi connectivity index (χ1v) is 4.22. The normalized spacial score (nSPS) is 9.38. The second-order valence-electron chi connectivity index (χ2n) is 2.21. The predicted molar refractivity (Wildman–Crippen MR) is 45.7 cm³/mol. The van der Waals surface area contributed by atoms with Crippen LogP contribution in [0.25, 0.3) is 0 Å². The molecule has 13 heavy (non-hydrogen) atoms. The average molecular weight is 186 g/mol. The quantitative estimate of drug-likeness (QED) is 0.580. The van der Waals surface area contributed by atoms with Crippen molar-refractivity contribution in [1.29, 1.82) is 0 Å². The highest BCUT2D eigenvalue weighted by molar-refractivity contribution is 5.74. The summed E-state index contributed by atoms with van der Waals surface area (Å²) in [5, 5.41) is 0. The van der Waals surface area contributed by atoms with E-state index in [1.54, 1.807) is 13.8 Å². The SMILES string of the molecule is CCOC(=O)C[C]CC(=O)OCC. The number of carbonyl (C=O) groups is 2. The second-order valence-corrected chi connectivity index (χ2v) is 2.21. The monoisotopic (exact) mass is 186 g/mol. The Labute approximate surface area is 78.2 Å². The molecule has 0 bridgehead atoms. The molecule has 74 valence electrons. The zero-order chi connectivity index (χ0) is 10.1. The average Bonchev–Trinajstić information content (AvgIpc) is 2.05. The maximum atomic E-state index is 10.7. The summed E-state index contributed by atoms with van der Waals surface area (Å²) < 4.78 is 9.26. The van der Waals surface area contributed by atoms with Crippen LogP contribution in [0.4, 0.5) is 0 Å². The molecule has 0 aromatic rings. The first kappa shape index (κ1) is 11.9. The summed E-state index contributed by atoms with van der Waals surface area (Å²) in [5.74, 6) is -0.737. The molecule has 0 aromatic heterocycles. The van der Waals surface area contributed by atoms with Gasteiger partial charge in [0.1, 0.15) is 0 Å². The fourth-order valence-electron chi connectivity index (χ4n) is 0.691. The molecule has 0 saturated heterocycles. The molecule has 0 unspecified atom stereocenters. The van der Waals surface area contributed by atoms with Gasteiger partial charge in [-0.25, -0.2) is 0 Å². The third-order valence-corrected chi connectivity index (χ3v) is 1.15. The maximum Gasteiger partial charge on any atom is 0.306 e. The van der Waals surface area contributed by atoms with Crippen LogP contribution in [0.15, 0.2) is 0 Å². The largest absolute Gasteiger partial charge is 0.466 e. The molecule has 0 aliphatic rings. The molecule has 0 N–H and O–H groups in total. The zero-order valence-corrected chi connectivity index (χ0v) is 7.96. The Hall–Kier alpha value is -1.06. The van der Waals surface area contributed by atoms with E-state index in [0.29, 0.717) is 13.2 Å². The lowest BCUT2D eigenvalue weighted by atomic mass is 10.2. The second kappa shape index (κ2) is 7.58. The summed E-state index contributed by atoms with van der Waals surface area (Å²) >= 11 is 0. The summed E-state index contributed by atoms with van der Waals surface area (Å²) in [7, 11) is 0. The van der Waals surface area contributed by atoms with Gasteiger partial charge in [-0.15, -0.1) is 0 Å². The number of hydrogen-bond donors (Lipinski definition) is 0. The van der Waals surface area contributed by atoms with Gasteiger partial charge in [0.2, 0.25) is 0 Å². The van der Waals surface area contributed by atoms with E-state index >= 15 is 0 Å². The highest BCUT2D eigenvalue weighted by atomic mass is 16.5. The van der Waals surface area contributed by atoms with Gasteiger partial charge >= 0.3 is 11.9 Å². The number of ether oxygens (including phenoxy) is 2. The van der Waals surface area contributed by atoms with Crippen LogP contribution in [0.5, 0.6) is 0 Å². The van der Waals surface area contributed by atoms with Crippen LogP contribution in [0.3, 0.4) is 0 Å². The molecule has 0 spiro atoms. The fourth-order valence-corrected chi connectivity index (χ4v) is 0.691. The van der Waals surface area contributed by atoms with E-state index in [-0.39, 0.29) is 24.8 Å². The van der Waals surface area contributed by atoms with Crippen molar-refractivity contribution >= 4 is 11.9 Å². The first-order valence-electron chi connectivity index (χ1n) is 4.22. The van der Waals surface area contributed by atoms with Crippen LogP contribution in [0.2, 0.25) is 0 Å². The Morgan fingerprint density at radius 1 is 1.00 bits per heavy atom. The third-order valence-electron chi connectivity index (χ3n) is 1.15. The molecular formula is C9H14O4. The molecule has 0 atom stereocenters. The number of carbonyl (C=O) groups excluding carboxylic acids is 2. The molecule has 4 nitrogen and oxygen atoms in total. The van der Waals surface area contributed by atoms with Crippen LogP contribution >= 0.6 is 0 Å². The molecule has 2 radical (unpaired) electrons. The fraction of sp³-hybridized carbons (Fsp3) is 0.667. The van der Waals surface area contributed by atoms with Gasteiger partial charge < -0.3 is 9.47 Å². The van der Waals surface area contributed by atoms with Crippen LogP contribution < -0.4 is 0 Å². The summed E-state index contributed by atoms with van der Waals surface area (Å²) in [6.45, 7) is 4.15. The van der Waals surface area contributed by atoms with Crippen molar-refractivity contribution in [2.75, 3.05) is 13.2 Å². The Bertz CT molecular complexity index is 147. The number of rotatable bonds is 6. The minimum atomic E-state index is -0.369. The molecule has 0 heterocycles. The summed E-state index contributed by atoms with van der Waals surface area (Å²) in [6, 6.07) is 0. The lowest BCUT2D eigenvalue weighted by Gasteiger charge is -2.01. The summed E-state index contributed by atoms with van der Waals surface area (Å²) in [5.41, 5.74) is 0. The maximum absolute atomic E-state index is 10.7. The highest BCUT2D eigenvalue weighted by Crippen LogP contribution is 1.98. The van der Waals surface area contributed by atoms with E-state index in [1.807, 2.05) is 0 Å². The number of esters is 2. The minimum absolute atomic E-state index is 0.0344. The van der Waals surface area contributed by atoms with Crippen molar-refractivity contribution in [2.24, 2.45) is 0 Å². The van der Waals surface area contributed by atoms with Gasteiger partial charge in [0.15, 0.2) is 0 Å². The molecule has 4 heteroatoms. The van der Waals surface area contributed by atoms with Crippen molar-refractivity contribution in [3.05, 3.63) is 6.42 Å². The van der Waals surface area contributed by atoms with Crippen molar-refractivity contribution in [3.8, 4) is 0 Å². The molecule has 0 amide bonds. The van der Waals surface area contributed by atoms with E-state index in [2.05, 4.69) is 15.9 Å². The standard InChI is InChI=1S/C9H14O4/c1-3-12-8(10)6-5-7-9(11)13-4-2/h3-4,6-7H2,1-2H3. The Balaban J connectivity index is 3.33. The van der Waals surface area contributed by atoms with Gasteiger partial charge in [-0.2, -0.15) is 0 Å². The topological polar surface area (TPSA) is 52.6 Å². The van der Waals surface area contributed by atoms with Crippen LogP contribution in [-0.4, -0.2) is 25.2 Å². The van der Waals surface area contributed by atoms with Crippen LogP contribution in [0.1, 0.15) is 26.7 Å². The van der Waals surface area contributed by atoms with E-state index in [9.17, 15) is 9.59 Å². The summed E-state index contributed by atoms with van der Waals surface area (Å²) in [6.07, 6.45) is 2.67. The Morgan fingerprint density at radius 2 is 1.38 bits per heavy atom. The van der Waals surface area contributed by atoms with Crippen LogP contribution in [0, 0.1) is 6.42 Å².